The summed E-state index contributed by atoms with van der Waals surface area (Å²) in [7, 11) is 0. The summed E-state index contributed by atoms with van der Waals surface area (Å²) in [6.45, 7) is -0.000840. The molecule has 9 heteroatoms. The van der Waals surface area contributed by atoms with Crippen molar-refractivity contribution in [3.63, 3.8) is 0 Å². The SMILES string of the molecule is O=C(CNc1nnc(SCc2ccccc2)s1)c1cccc([N+](=O)[O-])c1. The Morgan fingerprint density at radius 1 is 1.15 bits per heavy atom. The van der Waals surface area contributed by atoms with E-state index in [-0.39, 0.29) is 23.6 Å². The van der Waals surface area contributed by atoms with Gasteiger partial charge in [0, 0.05) is 23.4 Å². The Bertz CT molecular complexity index is 915. The zero-order chi connectivity index (χ0) is 18.4. The van der Waals surface area contributed by atoms with Gasteiger partial charge in [-0.25, -0.2) is 0 Å². The number of Topliss-reactive ketones (excluding diaryl/α,β-unsaturated/α-hetero) is 1. The number of benzene rings is 2. The summed E-state index contributed by atoms with van der Waals surface area (Å²) in [6, 6.07) is 15.7. The Balaban J connectivity index is 1.53. The zero-order valence-corrected chi connectivity index (χ0v) is 15.1. The Morgan fingerprint density at radius 3 is 2.73 bits per heavy atom. The van der Waals surface area contributed by atoms with Crippen LogP contribution in [-0.2, 0) is 5.75 Å². The van der Waals surface area contributed by atoms with Crippen molar-refractivity contribution in [1.29, 1.82) is 0 Å². The molecule has 0 aliphatic rings. The number of aromatic nitrogens is 2. The van der Waals surface area contributed by atoms with E-state index in [1.54, 1.807) is 17.8 Å². The summed E-state index contributed by atoms with van der Waals surface area (Å²) in [5.41, 5.74) is 1.38. The van der Waals surface area contributed by atoms with Gasteiger partial charge in [-0.1, -0.05) is 65.6 Å². The predicted octanol–water partition coefficient (Wildman–Crippen LogP) is 4.03. The number of hydrogen-bond acceptors (Lipinski definition) is 8. The molecule has 0 spiro atoms. The molecule has 0 saturated heterocycles. The number of nitro groups is 1. The summed E-state index contributed by atoms with van der Waals surface area (Å²) in [5.74, 6) is 0.546. The Morgan fingerprint density at radius 2 is 1.96 bits per heavy atom. The highest BCUT2D eigenvalue weighted by molar-refractivity contribution is 8.00. The average molecular weight is 386 g/mol. The van der Waals surface area contributed by atoms with Crippen molar-refractivity contribution < 1.29 is 9.72 Å². The lowest BCUT2D eigenvalue weighted by Crippen LogP contribution is -2.14. The molecular formula is C17H14N4O3S2. The number of rotatable bonds is 8. The van der Waals surface area contributed by atoms with Gasteiger partial charge in [-0.15, -0.1) is 10.2 Å². The van der Waals surface area contributed by atoms with Crippen LogP contribution in [0.1, 0.15) is 15.9 Å². The fourth-order valence-corrected chi connectivity index (χ4v) is 3.81. The van der Waals surface area contributed by atoms with Crippen molar-refractivity contribution in [2.75, 3.05) is 11.9 Å². The molecule has 7 nitrogen and oxygen atoms in total. The molecule has 1 N–H and O–H groups in total. The van der Waals surface area contributed by atoms with Gasteiger partial charge in [0.1, 0.15) is 0 Å². The number of thioether (sulfide) groups is 1. The van der Waals surface area contributed by atoms with Crippen LogP contribution < -0.4 is 5.32 Å². The molecule has 0 atom stereocenters. The third-order valence-corrected chi connectivity index (χ3v) is 5.48. The molecule has 0 radical (unpaired) electrons. The molecular weight excluding hydrogens is 372 g/mol. The molecule has 3 aromatic rings. The van der Waals surface area contributed by atoms with E-state index in [1.165, 1.54) is 35.1 Å². The molecule has 1 heterocycles. The third-order valence-electron chi connectivity index (χ3n) is 3.39. The smallest absolute Gasteiger partial charge is 0.270 e. The van der Waals surface area contributed by atoms with E-state index < -0.39 is 4.92 Å². The molecule has 0 saturated carbocycles. The van der Waals surface area contributed by atoms with Crippen LogP contribution in [0.4, 0.5) is 10.8 Å². The van der Waals surface area contributed by atoms with Gasteiger partial charge >= 0.3 is 0 Å². The maximum absolute atomic E-state index is 12.2. The van der Waals surface area contributed by atoms with Crippen LogP contribution in [0.3, 0.4) is 0 Å². The number of nitrogens with zero attached hydrogens (tertiary/aromatic N) is 3. The lowest BCUT2D eigenvalue weighted by Gasteiger charge is -2.02. The van der Waals surface area contributed by atoms with E-state index in [1.807, 2.05) is 30.3 Å². The standard InChI is InChI=1S/C17H14N4O3S2/c22-15(13-7-4-8-14(9-13)21(23)24)10-18-16-19-20-17(26-16)25-11-12-5-2-1-3-6-12/h1-9H,10-11H2,(H,18,19). The van der Waals surface area contributed by atoms with Gasteiger partial charge in [-0.05, 0) is 5.56 Å². The van der Waals surface area contributed by atoms with Crippen LogP contribution in [0.25, 0.3) is 0 Å². The maximum Gasteiger partial charge on any atom is 0.270 e. The lowest BCUT2D eigenvalue weighted by atomic mass is 10.1. The quantitative estimate of drug-likeness (QED) is 0.270. The van der Waals surface area contributed by atoms with Gasteiger partial charge in [0.2, 0.25) is 5.13 Å². The van der Waals surface area contributed by atoms with Crippen LogP contribution in [-0.4, -0.2) is 27.4 Å². The molecule has 132 valence electrons. The van der Waals surface area contributed by atoms with Gasteiger partial charge < -0.3 is 5.32 Å². The fourth-order valence-electron chi connectivity index (χ4n) is 2.11. The molecule has 1 aromatic heterocycles. The lowest BCUT2D eigenvalue weighted by molar-refractivity contribution is -0.384. The minimum absolute atomic E-state index is 0.000840. The number of nitro benzene ring substituents is 1. The van der Waals surface area contributed by atoms with Crippen molar-refractivity contribution in [3.8, 4) is 0 Å². The highest BCUT2D eigenvalue weighted by Crippen LogP contribution is 2.28. The molecule has 0 bridgehead atoms. The second-order valence-electron chi connectivity index (χ2n) is 5.23. The molecule has 0 unspecified atom stereocenters. The summed E-state index contributed by atoms with van der Waals surface area (Å²) in [5, 5.41) is 22.3. The van der Waals surface area contributed by atoms with Crippen LogP contribution >= 0.6 is 23.1 Å². The minimum Gasteiger partial charge on any atom is -0.353 e. The van der Waals surface area contributed by atoms with Gasteiger partial charge in [0.05, 0.1) is 11.5 Å². The van der Waals surface area contributed by atoms with E-state index in [0.717, 1.165) is 10.1 Å². The first kappa shape index (κ1) is 18.0. The predicted molar refractivity (Wildman–Crippen MR) is 102 cm³/mol. The molecule has 0 amide bonds. The molecule has 0 aliphatic heterocycles. The molecule has 0 fully saturated rings. The number of carbonyl (C=O) groups excluding carboxylic acids is 1. The molecule has 3 rings (SSSR count). The monoisotopic (exact) mass is 386 g/mol. The Kier molecular flexibility index (Phi) is 5.92. The Labute approximate surface area is 157 Å². The summed E-state index contributed by atoms with van der Waals surface area (Å²) in [4.78, 5) is 22.4. The number of non-ortho nitro benzene ring substituents is 1. The van der Waals surface area contributed by atoms with Crippen LogP contribution in [0, 0.1) is 10.1 Å². The van der Waals surface area contributed by atoms with E-state index >= 15 is 0 Å². The van der Waals surface area contributed by atoms with Crippen molar-refractivity contribution in [3.05, 3.63) is 75.8 Å². The number of ketones is 1. The summed E-state index contributed by atoms with van der Waals surface area (Å²) in [6.07, 6.45) is 0. The van der Waals surface area contributed by atoms with Crippen molar-refractivity contribution >= 4 is 39.7 Å². The van der Waals surface area contributed by atoms with Crippen LogP contribution in [0.15, 0.2) is 58.9 Å². The molecule has 26 heavy (non-hydrogen) atoms. The molecule has 0 aliphatic carbocycles. The normalized spacial score (nSPS) is 10.5. The molecule has 2 aromatic carbocycles. The number of hydrogen-bond donors (Lipinski definition) is 1. The second kappa shape index (κ2) is 8.54. The highest BCUT2D eigenvalue weighted by Gasteiger charge is 2.12. The maximum atomic E-state index is 12.2. The first-order chi connectivity index (χ1) is 12.6. The topological polar surface area (TPSA) is 98.0 Å². The first-order valence-corrected chi connectivity index (χ1v) is 9.44. The summed E-state index contributed by atoms with van der Waals surface area (Å²) < 4.78 is 0.805. The van der Waals surface area contributed by atoms with Crippen molar-refractivity contribution in [2.45, 2.75) is 10.1 Å². The number of anilines is 1. The number of nitrogens with one attached hydrogen (secondary N) is 1. The summed E-state index contributed by atoms with van der Waals surface area (Å²) >= 11 is 2.94. The van der Waals surface area contributed by atoms with Crippen LogP contribution in [0.2, 0.25) is 0 Å². The van der Waals surface area contributed by atoms with Crippen LogP contribution in [0.5, 0.6) is 0 Å². The largest absolute Gasteiger partial charge is 0.353 e. The number of carbonyl (C=O) groups is 1. The highest BCUT2D eigenvalue weighted by atomic mass is 32.2. The first-order valence-electron chi connectivity index (χ1n) is 7.63. The third kappa shape index (κ3) is 4.87. The van der Waals surface area contributed by atoms with Gasteiger partial charge in [0.15, 0.2) is 10.1 Å². The van der Waals surface area contributed by atoms with Gasteiger partial charge in [0.25, 0.3) is 5.69 Å². The average Bonchev–Trinajstić information content (AvgIpc) is 3.13. The van der Waals surface area contributed by atoms with E-state index in [9.17, 15) is 14.9 Å². The minimum atomic E-state index is -0.523. The van der Waals surface area contributed by atoms with Crippen molar-refractivity contribution in [1.82, 2.24) is 10.2 Å². The Hall–Kier alpha value is -2.78. The van der Waals surface area contributed by atoms with Crippen molar-refractivity contribution in [2.24, 2.45) is 0 Å². The van der Waals surface area contributed by atoms with Gasteiger partial charge in [-0.2, -0.15) is 0 Å². The van der Waals surface area contributed by atoms with E-state index in [4.69, 9.17) is 0 Å². The van der Waals surface area contributed by atoms with Gasteiger partial charge in [-0.3, -0.25) is 14.9 Å². The fraction of sp³-hybridized carbons (Fsp3) is 0.118. The van der Waals surface area contributed by atoms with E-state index in [2.05, 4.69) is 15.5 Å². The second-order valence-corrected chi connectivity index (χ2v) is 7.43. The van der Waals surface area contributed by atoms with E-state index in [0.29, 0.717) is 5.13 Å². The zero-order valence-electron chi connectivity index (χ0n) is 13.5.